The highest BCUT2D eigenvalue weighted by Crippen LogP contribution is 2.28. The van der Waals surface area contributed by atoms with Crippen LogP contribution in [0.5, 0.6) is 5.75 Å². The normalized spacial score (nSPS) is 9.94. The predicted molar refractivity (Wildman–Crippen MR) is 62.8 cm³/mol. The van der Waals surface area contributed by atoms with Crippen molar-refractivity contribution in [1.29, 1.82) is 5.26 Å². The minimum atomic E-state index is -0.412. The number of nitriles is 1. The minimum absolute atomic E-state index is 0.291. The topological polar surface area (TPSA) is 63.0 Å². The van der Waals surface area contributed by atoms with Crippen LogP contribution in [0, 0.1) is 11.3 Å². The maximum absolute atomic E-state index is 10.8. The molecule has 0 spiro atoms. The van der Waals surface area contributed by atoms with E-state index in [1.807, 2.05) is 6.07 Å². The lowest BCUT2D eigenvalue weighted by Crippen LogP contribution is -2.01. The fraction of sp³-hybridized carbons (Fsp3) is 0.0833. The SMILES string of the molecule is CC(=O)Oc1ccc2ncc(C#N)c(Cl)c2c1. The van der Waals surface area contributed by atoms with E-state index in [2.05, 4.69) is 4.98 Å². The Morgan fingerprint density at radius 3 is 2.94 bits per heavy atom. The molecule has 0 saturated heterocycles. The second-order valence-corrected chi connectivity index (χ2v) is 3.75. The Hall–Kier alpha value is -2.12. The average Bonchev–Trinajstić information content (AvgIpc) is 2.29. The van der Waals surface area contributed by atoms with Gasteiger partial charge in [-0.3, -0.25) is 9.78 Å². The molecule has 0 saturated carbocycles. The van der Waals surface area contributed by atoms with Crippen LogP contribution in [0.2, 0.25) is 5.02 Å². The van der Waals surface area contributed by atoms with Crippen molar-refractivity contribution in [1.82, 2.24) is 4.98 Å². The molecule has 84 valence electrons. The number of benzene rings is 1. The molecule has 0 radical (unpaired) electrons. The molecule has 2 rings (SSSR count). The zero-order chi connectivity index (χ0) is 12.4. The van der Waals surface area contributed by atoms with E-state index in [9.17, 15) is 4.79 Å². The van der Waals surface area contributed by atoms with Crippen molar-refractivity contribution in [3.63, 3.8) is 0 Å². The molecule has 1 heterocycles. The van der Waals surface area contributed by atoms with Gasteiger partial charge < -0.3 is 4.74 Å². The van der Waals surface area contributed by atoms with Gasteiger partial charge in [0, 0.05) is 18.5 Å². The second kappa shape index (κ2) is 4.40. The van der Waals surface area contributed by atoms with E-state index in [1.54, 1.807) is 18.2 Å². The van der Waals surface area contributed by atoms with Crippen LogP contribution in [0.15, 0.2) is 24.4 Å². The molecule has 1 aromatic carbocycles. The summed E-state index contributed by atoms with van der Waals surface area (Å²) in [7, 11) is 0. The fourth-order valence-corrected chi connectivity index (χ4v) is 1.69. The standard InChI is InChI=1S/C12H7ClN2O2/c1-7(16)17-9-2-3-11-10(4-9)12(13)8(5-14)6-15-11/h2-4,6H,1H3. The summed E-state index contributed by atoms with van der Waals surface area (Å²) in [6.45, 7) is 1.32. The van der Waals surface area contributed by atoms with E-state index >= 15 is 0 Å². The van der Waals surface area contributed by atoms with Crippen molar-refractivity contribution in [2.75, 3.05) is 0 Å². The lowest BCUT2D eigenvalue weighted by Gasteiger charge is -2.05. The highest BCUT2D eigenvalue weighted by atomic mass is 35.5. The number of hydrogen-bond donors (Lipinski definition) is 0. The smallest absolute Gasteiger partial charge is 0.308 e. The molecular weight excluding hydrogens is 240 g/mol. The van der Waals surface area contributed by atoms with Gasteiger partial charge >= 0.3 is 5.97 Å². The Kier molecular flexibility index (Phi) is 2.94. The first kappa shape index (κ1) is 11.4. The van der Waals surface area contributed by atoms with E-state index in [1.165, 1.54) is 13.1 Å². The Morgan fingerprint density at radius 1 is 1.53 bits per heavy atom. The maximum Gasteiger partial charge on any atom is 0.308 e. The van der Waals surface area contributed by atoms with Gasteiger partial charge in [-0.05, 0) is 18.2 Å². The summed E-state index contributed by atoms with van der Waals surface area (Å²) in [5, 5.41) is 9.73. The van der Waals surface area contributed by atoms with Gasteiger partial charge in [-0.25, -0.2) is 0 Å². The van der Waals surface area contributed by atoms with Gasteiger partial charge in [0.1, 0.15) is 11.8 Å². The summed E-state index contributed by atoms with van der Waals surface area (Å²) in [5.74, 6) is -0.0336. The third-order valence-corrected chi connectivity index (χ3v) is 2.56. The lowest BCUT2D eigenvalue weighted by molar-refractivity contribution is -0.131. The molecule has 0 bridgehead atoms. The summed E-state index contributed by atoms with van der Waals surface area (Å²) in [5.41, 5.74) is 0.934. The minimum Gasteiger partial charge on any atom is -0.427 e. The molecule has 0 fully saturated rings. The largest absolute Gasteiger partial charge is 0.427 e. The Labute approximate surface area is 102 Å². The molecule has 0 aliphatic carbocycles. The van der Waals surface area contributed by atoms with Crippen LogP contribution in [-0.2, 0) is 4.79 Å². The van der Waals surface area contributed by atoms with Crippen molar-refractivity contribution in [2.24, 2.45) is 0 Å². The van der Waals surface area contributed by atoms with E-state index in [-0.39, 0.29) is 0 Å². The van der Waals surface area contributed by atoms with Crippen molar-refractivity contribution in [3.05, 3.63) is 35.0 Å². The van der Waals surface area contributed by atoms with Crippen molar-refractivity contribution in [3.8, 4) is 11.8 Å². The number of pyridine rings is 1. The summed E-state index contributed by atoms with van der Waals surface area (Å²) in [6, 6.07) is 6.84. The molecule has 0 atom stereocenters. The third kappa shape index (κ3) is 2.19. The molecule has 0 N–H and O–H groups in total. The summed E-state index contributed by atoms with van der Waals surface area (Å²) in [6.07, 6.45) is 1.41. The first-order valence-corrected chi connectivity index (χ1v) is 5.16. The number of halogens is 1. The number of carbonyl (C=O) groups is 1. The van der Waals surface area contributed by atoms with Crippen LogP contribution < -0.4 is 4.74 Å². The molecule has 5 heteroatoms. The van der Waals surface area contributed by atoms with Gasteiger partial charge in [0.25, 0.3) is 0 Å². The number of aromatic nitrogens is 1. The zero-order valence-electron chi connectivity index (χ0n) is 8.90. The number of nitrogens with zero attached hydrogens (tertiary/aromatic N) is 2. The van der Waals surface area contributed by atoms with Gasteiger partial charge in [0.2, 0.25) is 0 Å². The first-order chi connectivity index (χ1) is 8.11. The first-order valence-electron chi connectivity index (χ1n) is 4.78. The van der Waals surface area contributed by atoms with Gasteiger partial charge in [-0.2, -0.15) is 5.26 Å². The van der Waals surface area contributed by atoms with Gasteiger partial charge in [0.15, 0.2) is 0 Å². The van der Waals surface area contributed by atoms with E-state index in [0.29, 0.717) is 27.2 Å². The van der Waals surface area contributed by atoms with Crippen molar-refractivity contribution < 1.29 is 9.53 Å². The van der Waals surface area contributed by atoms with Crippen molar-refractivity contribution >= 4 is 28.5 Å². The molecule has 17 heavy (non-hydrogen) atoms. The Bertz CT molecular complexity index is 647. The Morgan fingerprint density at radius 2 is 2.29 bits per heavy atom. The number of ether oxygens (including phenoxy) is 1. The van der Waals surface area contributed by atoms with Gasteiger partial charge in [-0.15, -0.1) is 0 Å². The zero-order valence-corrected chi connectivity index (χ0v) is 9.65. The molecule has 4 nitrogen and oxygen atoms in total. The van der Waals surface area contributed by atoms with E-state index in [4.69, 9.17) is 21.6 Å². The average molecular weight is 247 g/mol. The monoisotopic (exact) mass is 246 g/mol. The molecule has 0 aliphatic heterocycles. The summed E-state index contributed by atoms with van der Waals surface area (Å²) >= 11 is 6.05. The van der Waals surface area contributed by atoms with Crippen LogP contribution >= 0.6 is 11.6 Å². The molecule has 2 aromatic rings. The number of esters is 1. The Balaban J connectivity index is 2.63. The van der Waals surface area contributed by atoms with E-state index in [0.717, 1.165) is 0 Å². The highest BCUT2D eigenvalue weighted by molar-refractivity contribution is 6.36. The molecule has 0 amide bonds. The summed E-state index contributed by atoms with van der Waals surface area (Å²) in [4.78, 5) is 14.9. The molecule has 0 unspecified atom stereocenters. The quantitative estimate of drug-likeness (QED) is 0.573. The number of carbonyl (C=O) groups excluding carboxylic acids is 1. The van der Waals surface area contributed by atoms with Crippen LogP contribution in [0.25, 0.3) is 10.9 Å². The molecular formula is C12H7ClN2O2. The van der Waals surface area contributed by atoms with Crippen LogP contribution in [0.4, 0.5) is 0 Å². The number of fused-ring (bicyclic) bond motifs is 1. The number of hydrogen-bond acceptors (Lipinski definition) is 4. The number of rotatable bonds is 1. The predicted octanol–water partition coefficient (Wildman–Crippen LogP) is 2.69. The van der Waals surface area contributed by atoms with E-state index < -0.39 is 5.97 Å². The highest BCUT2D eigenvalue weighted by Gasteiger charge is 2.08. The second-order valence-electron chi connectivity index (χ2n) is 3.37. The van der Waals surface area contributed by atoms with Gasteiger partial charge in [-0.1, -0.05) is 11.6 Å². The van der Waals surface area contributed by atoms with Crippen LogP contribution in [0.1, 0.15) is 12.5 Å². The van der Waals surface area contributed by atoms with Crippen molar-refractivity contribution in [2.45, 2.75) is 6.92 Å². The molecule has 0 aliphatic rings. The fourth-order valence-electron chi connectivity index (χ4n) is 1.45. The molecule has 1 aromatic heterocycles. The lowest BCUT2D eigenvalue weighted by atomic mass is 10.1. The van der Waals surface area contributed by atoms with Crippen LogP contribution in [0.3, 0.4) is 0 Å². The summed E-state index contributed by atoms with van der Waals surface area (Å²) < 4.78 is 4.94. The maximum atomic E-state index is 10.8. The van der Waals surface area contributed by atoms with Gasteiger partial charge in [0.05, 0.1) is 16.1 Å². The third-order valence-electron chi connectivity index (χ3n) is 2.16. The van der Waals surface area contributed by atoms with Crippen LogP contribution in [-0.4, -0.2) is 11.0 Å².